The fourth-order valence-corrected chi connectivity index (χ4v) is 1.97. The molecule has 0 N–H and O–H groups in total. The van der Waals surface area contributed by atoms with E-state index in [9.17, 15) is 5.21 Å². The molecule has 60 valence electrons. The van der Waals surface area contributed by atoms with E-state index in [4.69, 9.17) is 0 Å². The van der Waals surface area contributed by atoms with Gasteiger partial charge in [-0.25, -0.2) is 0 Å². The summed E-state index contributed by atoms with van der Waals surface area (Å²) in [4.78, 5) is 0. The third kappa shape index (κ3) is 1.18. The third-order valence-corrected chi connectivity index (χ3v) is 2.75. The van der Waals surface area contributed by atoms with Gasteiger partial charge in [-0.3, -0.25) is 0 Å². The molecule has 0 aromatic heterocycles. The third-order valence-electron chi connectivity index (χ3n) is 2.75. The smallest absolute Gasteiger partial charge is 0.0886 e. The molecule has 0 spiro atoms. The molecule has 1 heterocycles. The fourth-order valence-electron chi connectivity index (χ4n) is 1.97. The summed E-state index contributed by atoms with van der Waals surface area (Å²) in [7, 11) is 0. The minimum Gasteiger partial charge on any atom is -0.633 e. The highest BCUT2D eigenvalue weighted by molar-refractivity contribution is 4.66. The molecule has 2 atom stereocenters. The van der Waals surface area contributed by atoms with Crippen molar-refractivity contribution in [3.63, 3.8) is 0 Å². The molecule has 1 fully saturated rings. The average Bonchev–Trinajstić information content (AvgIpc) is 2.32. The molecule has 10 heavy (non-hydrogen) atoms. The van der Waals surface area contributed by atoms with Crippen LogP contribution in [0.4, 0.5) is 0 Å². The summed E-state index contributed by atoms with van der Waals surface area (Å²) in [6.07, 6.45) is 3.33. The number of hydrogen-bond acceptors (Lipinski definition) is 1. The molecule has 0 amide bonds. The summed E-state index contributed by atoms with van der Waals surface area (Å²) < 4.78 is 0.0799. The van der Waals surface area contributed by atoms with Crippen LogP contribution in [-0.4, -0.2) is 23.8 Å². The molecular weight excluding hydrogens is 126 g/mol. The van der Waals surface area contributed by atoms with E-state index in [-0.39, 0.29) is 4.65 Å². The highest BCUT2D eigenvalue weighted by Crippen LogP contribution is 2.27. The lowest BCUT2D eigenvalue weighted by Crippen LogP contribution is -2.45. The van der Waals surface area contributed by atoms with Gasteiger partial charge in [-0.15, -0.1) is 0 Å². The summed E-state index contributed by atoms with van der Waals surface area (Å²) in [6, 6.07) is 0.407. The van der Waals surface area contributed by atoms with Crippen molar-refractivity contribution in [1.82, 2.24) is 0 Å². The number of rotatable bonds is 2. The summed E-state index contributed by atoms with van der Waals surface area (Å²) in [6.45, 7) is 5.74. The minimum absolute atomic E-state index is 0.0799. The molecule has 1 rings (SSSR count). The van der Waals surface area contributed by atoms with Crippen LogP contribution in [0.2, 0.25) is 0 Å². The second-order valence-electron chi connectivity index (χ2n) is 3.20. The number of nitrogens with zero attached hydrogens (tertiary/aromatic N) is 1. The van der Waals surface area contributed by atoms with Crippen LogP contribution < -0.4 is 0 Å². The van der Waals surface area contributed by atoms with Gasteiger partial charge < -0.3 is 9.85 Å². The summed E-state index contributed by atoms with van der Waals surface area (Å²) in [5.74, 6) is 0. The highest BCUT2D eigenvalue weighted by atomic mass is 16.5. The second kappa shape index (κ2) is 2.89. The van der Waals surface area contributed by atoms with Gasteiger partial charge in [-0.05, 0) is 13.3 Å². The van der Waals surface area contributed by atoms with Gasteiger partial charge in [-0.2, -0.15) is 0 Å². The van der Waals surface area contributed by atoms with Crippen molar-refractivity contribution < 1.29 is 4.65 Å². The fraction of sp³-hybridized carbons (Fsp3) is 1.00. The largest absolute Gasteiger partial charge is 0.633 e. The normalized spacial score (nSPS) is 40.5. The van der Waals surface area contributed by atoms with Crippen LogP contribution in [0.5, 0.6) is 0 Å². The summed E-state index contributed by atoms with van der Waals surface area (Å²) >= 11 is 0. The van der Waals surface area contributed by atoms with Crippen molar-refractivity contribution in [2.24, 2.45) is 0 Å². The van der Waals surface area contributed by atoms with E-state index >= 15 is 0 Å². The average molecular weight is 143 g/mol. The zero-order valence-electron chi connectivity index (χ0n) is 6.97. The molecule has 1 saturated heterocycles. The number of quaternary nitrogens is 1. The first-order valence-corrected chi connectivity index (χ1v) is 4.30. The number of hydroxylamine groups is 3. The van der Waals surface area contributed by atoms with Crippen LogP contribution in [-0.2, 0) is 0 Å². The van der Waals surface area contributed by atoms with Crippen molar-refractivity contribution in [3.8, 4) is 0 Å². The minimum atomic E-state index is 0.0799. The molecule has 0 radical (unpaired) electrons. The first-order chi connectivity index (χ1) is 4.73. The van der Waals surface area contributed by atoms with Crippen LogP contribution in [0.3, 0.4) is 0 Å². The molecule has 1 aliphatic heterocycles. The van der Waals surface area contributed by atoms with E-state index in [1.54, 1.807) is 0 Å². The van der Waals surface area contributed by atoms with Gasteiger partial charge in [0, 0.05) is 12.8 Å². The number of likely N-dealkylation sites (tertiary alicyclic amines) is 1. The topological polar surface area (TPSA) is 23.1 Å². The molecular formula is C8H17NO. The van der Waals surface area contributed by atoms with Crippen LogP contribution in [0, 0.1) is 5.21 Å². The Morgan fingerprint density at radius 2 is 2.20 bits per heavy atom. The Hall–Kier alpha value is -0.0800. The van der Waals surface area contributed by atoms with Gasteiger partial charge in [0.2, 0.25) is 0 Å². The monoisotopic (exact) mass is 143 g/mol. The number of hydrogen-bond donors (Lipinski definition) is 0. The summed E-state index contributed by atoms with van der Waals surface area (Å²) in [5, 5.41) is 11.8. The molecule has 0 aromatic carbocycles. The lowest BCUT2D eigenvalue weighted by Gasteiger charge is -2.43. The maximum atomic E-state index is 11.8. The van der Waals surface area contributed by atoms with Crippen molar-refractivity contribution in [2.45, 2.75) is 39.2 Å². The van der Waals surface area contributed by atoms with Crippen LogP contribution in [0.15, 0.2) is 0 Å². The Morgan fingerprint density at radius 3 is 2.60 bits per heavy atom. The Morgan fingerprint density at radius 1 is 1.50 bits per heavy atom. The van der Waals surface area contributed by atoms with Gasteiger partial charge in [0.1, 0.15) is 0 Å². The Labute approximate surface area is 63.0 Å². The van der Waals surface area contributed by atoms with Gasteiger partial charge in [0.25, 0.3) is 0 Å². The molecule has 0 saturated carbocycles. The van der Waals surface area contributed by atoms with E-state index < -0.39 is 0 Å². The summed E-state index contributed by atoms with van der Waals surface area (Å²) in [5.41, 5.74) is 0. The first kappa shape index (κ1) is 8.02. The first-order valence-electron chi connectivity index (χ1n) is 4.30. The van der Waals surface area contributed by atoms with E-state index in [0.717, 1.165) is 32.4 Å². The molecule has 0 aliphatic carbocycles. The van der Waals surface area contributed by atoms with Crippen LogP contribution in [0.1, 0.15) is 33.1 Å². The van der Waals surface area contributed by atoms with Crippen molar-refractivity contribution >= 4 is 0 Å². The lowest BCUT2D eigenvalue weighted by atomic mass is 10.2. The van der Waals surface area contributed by atoms with E-state index in [1.165, 1.54) is 0 Å². The standard InChI is InChI=1S/C8H17NO/c1-3-8-6-5-7-9(8,10)4-2/h8H,3-7H2,1-2H3/t8-,9?/m1/s1. The van der Waals surface area contributed by atoms with Crippen molar-refractivity contribution in [3.05, 3.63) is 5.21 Å². The highest BCUT2D eigenvalue weighted by Gasteiger charge is 2.31. The van der Waals surface area contributed by atoms with Crippen molar-refractivity contribution in [2.75, 3.05) is 13.1 Å². The van der Waals surface area contributed by atoms with Gasteiger partial charge in [0.05, 0.1) is 19.1 Å². The molecule has 0 aromatic rings. The zero-order chi connectivity index (χ0) is 7.61. The quantitative estimate of drug-likeness (QED) is 0.427. The molecule has 2 nitrogen and oxygen atoms in total. The molecule has 2 heteroatoms. The molecule has 0 bridgehead atoms. The van der Waals surface area contributed by atoms with E-state index in [2.05, 4.69) is 6.92 Å². The second-order valence-corrected chi connectivity index (χ2v) is 3.20. The lowest BCUT2D eigenvalue weighted by molar-refractivity contribution is -0.890. The maximum absolute atomic E-state index is 11.8. The van der Waals surface area contributed by atoms with Crippen molar-refractivity contribution in [1.29, 1.82) is 0 Å². The Balaban J connectivity index is 2.56. The Bertz CT molecular complexity index is 116. The SMILES string of the molecule is CC[C@@H]1CCC[N+]1([O-])CC. The molecule has 1 aliphatic rings. The Kier molecular flexibility index (Phi) is 2.32. The van der Waals surface area contributed by atoms with Gasteiger partial charge in [-0.1, -0.05) is 6.92 Å². The predicted octanol–water partition coefficient (Wildman–Crippen LogP) is 1.89. The molecule has 1 unspecified atom stereocenters. The van der Waals surface area contributed by atoms with Gasteiger partial charge in [0.15, 0.2) is 0 Å². The van der Waals surface area contributed by atoms with Crippen LogP contribution >= 0.6 is 0 Å². The maximum Gasteiger partial charge on any atom is 0.0886 e. The van der Waals surface area contributed by atoms with Gasteiger partial charge >= 0.3 is 0 Å². The van der Waals surface area contributed by atoms with Crippen LogP contribution in [0.25, 0.3) is 0 Å². The zero-order valence-corrected chi connectivity index (χ0v) is 6.97. The predicted molar refractivity (Wildman–Crippen MR) is 42.3 cm³/mol. The van der Waals surface area contributed by atoms with E-state index in [0.29, 0.717) is 6.04 Å². The van der Waals surface area contributed by atoms with E-state index in [1.807, 2.05) is 6.92 Å².